The first kappa shape index (κ1) is 10.8. The van der Waals surface area contributed by atoms with E-state index in [9.17, 15) is 0 Å². The van der Waals surface area contributed by atoms with Gasteiger partial charge in [0.1, 0.15) is 0 Å². The topological polar surface area (TPSA) is 12.0 Å². The number of nitrogens with one attached hydrogen (secondary N) is 1. The molecule has 1 nitrogen and oxygen atoms in total. The van der Waals surface area contributed by atoms with E-state index >= 15 is 0 Å². The van der Waals surface area contributed by atoms with E-state index in [1.807, 2.05) is 0 Å². The lowest BCUT2D eigenvalue weighted by Crippen LogP contribution is -2.37. The van der Waals surface area contributed by atoms with Gasteiger partial charge in [0, 0.05) is 12.1 Å². The summed E-state index contributed by atoms with van der Waals surface area (Å²) in [6.45, 7) is 2.36. The van der Waals surface area contributed by atoms with Crippen LogP contribution in [0.2, 0.25) is 0 Å². The molecule has 4 fully saturated rings. The molecular weight excluding hydrogens is 206 g/mol. The van der Waals surface area contributed by atoms with Crippen molar-refractivity contribution in [1.82, 2.24) is 5.32 Å². The first-order valence-corrected chi connectivity index (χ1v) is 8.13. The molecule has 4 unspecified atom stereocenters. The van der Waals surface area contributed by atoms with Crippen molar-refractivity contribution in [1.29, 1.82) is 0 Å². The fraction of sp³-hybridized carbons (Fsp3) is 1.00. The number of hydrogen-bond donors (Lipinski definition) is 1. The Balaban J connectivity index is 1.30. The highest BCUT2D eigenvalue weighted by molar-refractivity contribution is 5.17. The monoisotopic (exact) mass is 233 g/mol. The van der Waals surface area contributed by atoms with Gasteiger partial charge >= 0.3 is 0 Å². The standard InChI is InChI=1S/C16H27N/c1-2-10-3-7-13(8-4-10)17-16-14-11-5-6-12(9-11)15(14)16/h10-17H,2-9H2,1H3. The lowest BCUT2D eigenvalue weighted by molar-refractivity contribution is 0.274. The highest BCUT2D eigenvalue weighted by Gasteiger charge is 2.64. The van der Waals surface area contributed by atoms with Gasteiger partial charge in [0.2, 0.25) is 0 Å². The molecule has 0 aromatic rings. The molecule has 0 aromatic carbocycles. The van der Waals surface area contributed by atoms with Crippen molar-refractivity contribution in [3.63, 3.8) is 0 Å². The summed E-state index contributed by atoms with van der Waals surface area (Å²) in [6.07, 6.45) is 12.0. The molecule has 0 saturated heterocycles. The highest BCUT2D eigenvalue weighted by atomic mass is 15.0. The summed E-state index contributed by atoms with van der Waals surface area (Å²) in [7, 11) is 0. The van der Waals surface area contributed by atoms with Crippen LogP contribution in [0.15, 0.2) is 0 Å². The zero-order chi connectivity index (χ0) is 11.4. The van der Waals surface area contributed by atoms with E-state index in [0.717, 1.165) is 41.7 Å². The van der Waals surface area contributed by atoms with Crippen molar-refractivity contribution in [3.05, 3.63) is 0 Å². The molecule has 4 rings (SSSR count). The molecule has 4 atom stereocenters. The smallest absolute Gasteiger partial charge is 0.0138 e. The van der Waals surface area contributed by atoms with E-state index in [1.54, 1.807) is 19.3 Å². The third-order valence-electron chi connectivity index (χ3n) is 6.59. The van der Waals surface area contributed by atoms with Crippen molar-refractivity contribution >= 4 is 0 Å². The van der Waals surface area contributed by atoms with Crippen LogP contribution in [0.4, 0.5) is 0 Å². The van der Waals surface area contributed by atoms with Crippen LogP contribution in [0.1, 0.15) is 58.3 Å². The highest BCUT2D eigenvalue weighted by Crippen LogP contribution is 2.65. The third kappa shape index (κ3) is 1.69. The predicted octanol–water partition coefficient (Wildman–Crippen LogP) is 3.59. The molecule has 0 spiro atoms. The summed E-state index contributed by atoms with van der Waals surface area (Å²) in [6, 6.07) is 1.84. The SMILES string of the molecule is CCC1CCC(NC2C3C4CCC(C4)C23)CC1. The molecule has 0 amide bonds. The summed E-state index contributed by atoms with van der Waals surface area (Å²) >= 11 is 0. The molecule has 2 bridgehead atoms. The minimum absolute atomic E-state index is 0.882. The zero-order valence-electron chi connectivity index (χ0n) is 11.2. The summed E-state index contributed by atoms with van der Waals surface area (Å²) in [5.74, 6) is 5.56. The molecule has 0 heterocycles. The Labute approximate surface area is 106 Å². The molecular formula is C16H27N. The van der Waals surface area contributed by atoms with Gasteiger partial charge in [0.05, 0.1) is 0 Å². The quantitative estimate of drug-likeness (QED) is 0.785. The minimum atomic E-state index is 0.882. The minimum Gasteiger partial charge on any atom is -0.311 e. The van der Waals surface area contributed by atoms with Gasteiger partial charge in [-0.25, -0.2) is 0 Å². The van der Waals surface area contributed by atoms with Crippen molar-refractivity contribution in [2.45, 2.75) is 70.4 Å². The summed E-state index contributed by atoms with van der Waals surface area (Å²) in [5, 5.41) is 4.04. The maximum Gasteiger partial charge on any atom is 0.0138 e. The van der Waals surface area contributed by atoms with E-state index < -0.39 is 0 Å². The summed E-state index contributed by atoms with van der Waals surface area (Å²) in [4.78, 5) is 0. The fourth-order valence-corrected chi connectivity index (χ4v) is 5.56. The molecule has 0 radical (unpaired) electrons. The van der Waals surface area contributed by atoms with Crippen molar-refractivity contribution in [3.8, 4) is 0 Å². The van der Waals surface area contributed by atoms with Crippen LogP contribution >= 0.6 is 0 Å². The maximum absolute atomic E-state index is 4.04. The molecule has 1 N–H and O–H groups in total. The number of rotatable bonds is 3. The van der Waals surface area contributed by atoms with Gasteiger partial charge in [-0.2, -0.15) is 0 Å². The average molecular weight is 233 g/mol. The Bertz CT molecular complexity index is 276. The van der Waals surface area contributed by atoms with E-state index in [1.165, 1.54) is 32.1 Å². The van der Waals surface area contributed by atoms with Crippen LogP contribution in [-0.2, 0) is 0 Å². The predicted molar refractivity (Wildman–Crippen MR) is 70.8 cm³/mol. The van der Waals surface area contributed by atoms with E-state index in [0.29, 0.717) is 0 Å². The Hall–Kier alpha value is -0.0400. The van der Waals surface area contributed by atoms with Crippen LogP contribution in [-0.4, -0.2) is 12.1 Å². The van der Waals surface area contributed by atoms with E-state index in [4.69, 9.17) is 0 Å². The van der Waals surface area contributed by atoms with Gasteiger partial charge in [0.15, 0.2) is 0 Å². The molecule has 1 heteroatoms. The fourth-order valence-electron chi connectivity index (χ4n) is 5.56. The lowest BCUT2D eigenvalue weighted by Gasteiger charge is -2.29. The average Bonchev–Trinajstić information content (AvgIpc) is 2.76. The van der Waals surface area contributed by atoms with Gasteiger partial charge < -0.3 is 5.32 Å². The third-order valence-corrected chi connectivity index (χ3v) is 6.59. The van der Waals surface area contributed by atoms with Gasteiger partial charge in [-0.1, -0.05) is 13.3 Å². The molecule has 0 aromatic heterocycles. The molecule has 0 aliphatic heterocycles. The molecule has 96 valence electrons. The summed E-state index contributed by atoms with van der Waals surface area (Å²) < 4.78 is 0. The van der Waals surface area contributed by atoms with E-state index in [-0.39, 0.29) is 0 Å². The van der Waals surface area contributed by atoms with Crippen LogP contribution in [0.25, 0.3) is 0 Å². The normalized spacial score (nSPS) is 55.9. The Morgan fingerprint density at radius 3 is 2.12 bits per heavy atom. The Morgan fingerprint density at radius 1 is 0.882 bits per heavy atom. The van der Waals surface area contributed by atoms with Gasteiger partial charge in [-0.05, 0) is 74.5 Å². The first-order chi connectivity index (χ1) is 8.36. The second-order valence-electron chi connectivity index (χ2n) is 7.31. The van der Waals surface area contributed by atoms with Crippen molar-refractivity contribution in [2.24, 2.45) is 29.6 Å². The number of fused-ring (bicyclic) bond motifs is 5. The number of hydrogen-bond acceptors (Lipinski definition) is 1. The Kier molecular flexibility index (Phi) is 2.54. The van der Waals surface area contributed by atoms with Gasteiger partial charge in [0.25, 0.3) is 0 Å². The molecule has 4 aliphatic carbocycles. The lowest BCUT2D eigenvalue weighted by atomic mass is 9.84. The van der Waals surface area contributed by atoms with Crippen LogP contribution < -0.4 is 5.32 Å². The molecule has 17 heavy (non-hydrogen) atoms. The van der Waals surface area contributed by atoms with Crippen molar-refractivity contribution in [2.75, 3.05) is 0 Å². The summed E-state index contributed by atoms with van der Waals surface area (Å²) in [5.41, 5.74) is 0. The molecule has 4 saturated carbocycles. The van der Waals surface area contributed by atoms with Crippen LogP contribution in [0, 0.1) is 29.6 Å². The Morgan fingerprint density at radius 2 is 1.53 bits per heavy atom. The molecule has 4 aliphatic rings. The van der Waals surface area contributed by atoms with Crippen LogP contribution in [0.3, 0.4) is 0 Å². The maximum atomic E-state index is 4.04. The van der Waals surface area contributed by atoms with Crippen LogP contribution in [0.5, 0.6) is 0 Å². The zero-order valence-corrected chi connectivity index (χ0v) is 11.2. The first-order valence-electron chi connectivity index (χ1n) is 8.13. The second-order valence-corrected chi connectivity index (χ2v) is 7.31. The second kappa shape index (κ2) is 3.98. The largest absolute Gasteiger partial charge is 0.311 e. The van der Waals surface area contributed by atoms with E-state index in [2.05, 4.69) is 12.2 Å². The van der Waals surface area contributed by atoms with Gasteiger partial charge in [-0.15, -0.1) is 0 Å². The van der Waals surface area contributed by atoms with Gasteiger partial charge in [-0.3, -0.25) is 0 Å². The van der Waals surface area contributed by atoms with Crippen molar-refractivity contribution < 1.29 is 0 Å².